The molecule has 2 atom stereocenters. The number of ether oxygens (including phenoxy) is 2. The molecule has 2 fully saturated rings. The molecule has 0 radical (unpaired) electrons. The van der Waals surface area contributed by atoms with Gasteiger partial charge in [0.1, 0.15) is 11.6 Å². The van der Waals surface area contributed by atoms with Gasteiger partial charge < -0.3 is 24.8 Å². The van der Waals surface area contributed by atoms with Crippen molar-refractivity contribution < 1.29 is 23.7 Å². The monoisotopic (exact) mass is 454 g/mol. The number of alkyl carbamates (subject to hydrolysis) is 1. The number of hydrogen-bond acceptors (Lipinski definition) is 7. The Morgan fingerprint density at radius 1 is 1.27 bits per heavy atom. The van der Waals surface area contributed by atoms with E-state index in [-0.39, 0.29) is 15.9 Å². The lowest BCUT2D eigenvalue weighted by Crippen LogP contribution is -2.33. The van der Waals surface area contributed by atoms with E-state index in [4.69, 9.17) is 19.4 Å². The second-order valence-corrected chi connectivity index (χ2v) is 8.74. The summed E-state index contributed by atoms with van der Waals surface area (Å²) in [5.74, 6) is 1.79. The lowest BCUT2D eigenvalue weighted by Gasteiger charge is -2.21. The van der Waals surface area contributed by atoms with Crippen molar-refractivity contribution in [1.29, 1.82) is 0 Å². The van der Waals surface area contributed by atoms with E-state index in [1.54, 1.807) is 12.1 Å². The molecule has 178 valence electrons. The number of phenols is 1. The quantitative estimate of drug-likeness (QED) is 0.575. The van der Waals surface area contributed by atoms with Crippen LogP contribution < -0.4 is 10.2 Å². The SMILES string of the molecule is Cc1ccc2c(N3CC[C@H](CNC(=O)O[C@@H]4CCCO4)C3)nc(-c3ccccc3O)nc2c1.[HH].[HH].[HH]. The van der Waals surface area contributed by atoms with Crippen LogP contribution in [0.5, 0.6) is 5.75 Å². The fraction of sp³-hybridized carbons (Fsp3) is 0.400. The minimum atomic E-state index is -0.426. The minimum Gasteiger partial charge on any atom is -0.507 e. The summed E-state index contributed by atoms with van der Waals surface area (Å²) in [5.41, 5.74) is 2.57. The van der Waals surface area contributed by atoms with E-state index in [2.05, 4.69) is 22.3 Å². The summed E-state index contributed by atoms with van der Waals surface area (Å²) in [6.45, 7) is 4.81. The molecule has 2 aromatic carbocycles. The second kappa shape index (κ2) is 9.23. The van der Waals surface area contributed by atoms with Gasteiger partial charge in [0, 0.05) is 35.7 Å². The number of hydrogen-bond donors (Lipinski definition) is 2. The summed E-state index contributed by atoms with van der Waals surface area (Å²) in [6.07, 6.45) is 1.76. The van der Waals surface area contributed by atoms with Crippen LogP contribution in [-0.4, -0.2) is 53.7 Å². The van der Waals surface area contributed by atoms with Crippen LogP contribution in [0.15, 0.2) is 42.5 Å². The minimum absolute atomic E-state index is 0. The van der Waals surface area contributed by atoms with Gasteiger partial charge in [0.05, 0.1) is 17.7 Å². The fourth-order valence-corrected chi connectivity index (χ4v) is 4.47. The van der Waals surface area contributed by atoms with Gasteiger partial charge in [-0.3, -0.25) is 0 Å². The van der Waals surface area contributed by atoms with Crippen molar-refractivity contribution in [3.05, 3.63) is 48.0 Å². The molecule has 0 aliphatic carbocycles. The van der Waals surface area contributed by atoms with E-state index < -0.39 is 12.4 Å². The summed E-state index contributed by atoms with van der Waals surface area (Å²) >= 11 is 0. The first-order valence-corrected chi connectivity index (χ1v) is 11.4. The molecule has 2 saturated heterocycles. The van der Waals surface area contributed by atoms with Gasteiger partial charge in [0.25, 0.3) is 0 Å². The van der Waals surface area contributed by atoms with Crippen molar-refractivity contribution >= 4 is 22.8 Å². The number of benzene rings is 2. The molecular formula is C25H34N4O4. The van der Waals surface area contributed by atoms with Crippen molar-refractivity contribution in [1.82, 2.24) is 15.3 Å². The van der Waals surface area contributed by atoms with Gasteiger partial charge in [-0.15, -0.1) is 0 Å². The van der Waals surface area contributed by atoms with Gasteiger partial charge in [-0.2, -0.15) is 0 Å². The summed E-state index contributed by atoms with van der Waals surface area (Å²) in [4.78, 5) is 23.9. The molecule has 0 bridgehead atoms. The Hall–Kier alpha value is -3.39. The Labute approximate surface area is 197 Å². The number of rotatable bonds is 5. The number of nitrogens with one attached hydrogen (secondary N) is 1. The Morgan fingerprint density at radius 3 is 2.97 bits per heavy atom. The summed E-state index contributed by atoms with van der Waals surface area (Å²) in [6, 6.07) is 13.3. The van der Waals surface area contributed by atoms with Crippen LogP contribution in [0.4, 0.5) is 10.6 Å². The number of nitrogens with zero attached hydrogens (tertiary/aromatic N) is 3. The summed E-state index contributed by atoms with van der Waals surface area (Å²) in [7, 11) is 0. The molecule has 33 heavy (non-hydrogen) atoms. The highest BCUT2D eigenvalue weighted by Gasteiger charge is 2.27. The molecule has 0 unspecified atom stereocenters. The van der Waals surface area contributed by atoms with E-state index in [1.165, 1.54) is 0 Å². The van der Waals surface area contributed by atoms with E-state index >= 15 is 0 Å². The van der Waals surface area contributed by atoms with Gasteiger partial charge in [-0.25, -0.2) is 14.8 Å². The highest BCUT2D eigenvalue weighted by molar-refractivity contribution is 5.92. The van der Waals surface area contributed by atoms with E-state index in [1.807, 2.05) is 25.1 Å². The number of para-hydroxylation sites is 1. The number of carbonyl (C=O) groups is 1. The van der Waals surface area contributed by atoms with Crippen LogP contribution in [0.2, 0.25) is 0 Å². The van der Waals surface area contributed by atoms with Gasteiger partial charge >= 0.3 is 6.09 Å². The zero-order valence-corrected chi connectivity index (χ0v) is 18.7. The standard InChI is InChI=1S/C25H28N4O4.3H2/c1-16-8-9-18-20(13-16)27-23(19-5-2-3-6-21(19)30)28-24(18)29-11-10-17(15-29)14-26-25(31)33-22-7-4-12-32-22;;;/h2-3,5-6,8-9,13,17,22,30H,4,7,10-12,14-15H2,1H3,(H,26,31);3*1H/t17-,22-;;;/m1.../s1. The number of anilines is 1. The van der Waals surface area contributed by atoms with Crippen LogP contribution in [0.1, 0.15) is 29.1 Å². The van der Waals surface area contributed by atoms with Crippen LogP contribution in [0, 0.1) is 12.8 Å². The molecule has 8 nitrogen and oxygen atoms in total. The van der Waals surface area contributed by atoms with Crippen LogP contribution in [-0.2, 0) is 9.47 Å². The fourth-order valence-electron chi connectivity index (χ4n) is 4.47. The molecule has 2 aliphatic heterocycles. The third kappa shape index (κ3) is 4.71. The molecular weight excluding hydrogens is 420 g/mol. The van der Waals surface area contributed by atoms with Gasteiger partial charge in [-0.1, -0.05) is 18.2 Å². The molecule has 1 amide bonds. The van der Waals surface area contributed by atoms with Crippen molar-refractivity contribution in [2.24, 2.45) is 5.92 Å². The number of fused-ring (bicyclic) bond motifs is 1. The predicted molar refractivity (Wildman–Crippen MR) is 131 cm³/mol. The maximum Gasteiger partial charge on any atom is 0.409 e. The molecule has 5 rings (SSSR count). The lowest BCUT2D eigenvalue weighted by atomic mass is 10.1. The molecule has 8 heteroatoms. The lowest BCUT2D eigenvalue weighted by molar-refractivity contribution is -0.0679. The Bertz CT molecular complexity index is 1180. The highest BCUT2D eigenvalue weighted by Crippen LogP contribution is 2.33. The first-order chi connectivity index (χ1) is 16.1. The first kappa shape index (κ1) is 21.5. The van der Waals surface area contributed by atoms with E-state index in [0.29, 0.717) is 24.5 Å². The highest BCUT2D eigenvalue weighted by atomic mass is 16.7. The molecule has 0 saturated carbocycles. The Balaban J connectivity index is 0.00000152. The Morgan fingerprint density at radius 2 is 2.15 bits per heavy atom. The van der Waals surface area contributed by atoms with E-state index in [9.17, 15) is 9.90 Å². The zero-order chi connectivity index (χ0) is 22.8. The second-order valence-electron chi connectivity index (χ2n) is 8.74. The third-order valence-corrected chi connectivity index (χ3v) is 6.22. The third-order valence-electron chi connectivity index (χ3n) is 6.22. The number of phenolic OH excluding ortho intramolecular Hbond substituents is 1. The summed E-state index contributed by atoms with van der Waals surface area (Å²) < 4.78 is 10.6. The summed E-state index contributed by atoms with van der Waals surface area (Å²) in [5, 5.41) is 14.2. The molecule has 0 spiro atoms. The first-order valence-electron chi connectivity index (χ1n) is 11.4. The molecule has 2 N–H and O–H groups in total. The largest absolute Gasteiger partial charge is 0.507 e. The number of aryl methyl sites for hydroxylation is 1. The number of aromatic hydroxyl groups is 1. The smallest absolute Gasteiger partial charge is 0.409 e. The van der Waals surface area contributed by atoms with Crippen molar-refractivity contribution in [3.63, 3.8) is 0 Å². The predicted octanol–water partition coefficient (Wildman–Crippen LogP) is 4.74. The van der Waals surface area contributed by atoms with Crippen molar-refractivity contribution in [2.75, 3.05) is 31.1 Å². The van der Waals surface area contributed by atoms with Gasteiger partial charge in [0.15, 0.2) is 5.82 Å². The topological polar surface area (TPSA) is 96.8 Å². The van der Waals surface area contributed by atoms with Crippen molar-refractivity contribution in [3.8, 4) is 17.1 Å². The van der Waals surface area contributed by atoms with Crippen molar-refractivity contribution in [2.45, 2.75) is 32.5 Å². The van der Waals surface area contributed by atoms with E-state index in [0.717, 1.165) is 54.6 Å². The van der Waals surface area contributed by atoms with Gasteiger partial charge in [-0.05, 0) is 55.5 Å². The normalized spacial score (nSPS) is 20.3. The van der Waals surface area contributed by atoms with Crippen LogP contribution >= 0.6 is 0 Å². The maximum absolute atomic E-state index is 12.1. The van der Waals surface area contributed by atoms with Gasteiger partial charge in [0.2, 0.25) is 6.29 Å². The van der Waals surface area contributed by atoms with Crippen LogP contribution in [0.3, 0.4) is 0 Å². The number of aromatic nitrogens is 2. The average molecular weight is 455 g/mol. The number of carbonyl (C=O) groups excluding carboxylic acids is 1. The Kier molecular flexibility index (Phi) is 6.00. The zero-order valence-electron chi connectivity index (χ0n) is 18.7. The molecule has 3 aromatic rings. The average Bonchev–Trinajstić information content (AvgIpc) is 3.49. The molecule has 3 heterocycles. The molecule has 1 aromatic heterocycles. The van der Waals surface area contributed by atoms with Crippen LogP contribution in [0.25, 0.3) is 22.3 Å². The maximum atomic E-state index is 12.1. The number of amides is 1. The molecule has 2 aliphatic rings.